The molecule has 2 N–H and O–H groups in total. The van der Waals surface area contributed by atoms with Crippen molar-refractivity contribution in [3.63, 3.8) is 0 Å². The van der Waals surface area contributed by atoms with E-state index in [-0.39, 0.29) is 5.56 Å². The fourth-order valence-electron chi connectivity index (χ4n) is 3.79. The van der Waals surface area contributed by atoms with Crippen LogP contribution in [0.3, 0.4) is 0 Å². The van der Waals surface area contributed by atoms with E-state index < -0.39 is 0 Å². The third-order valence-electron chi connectivity index (χ3n) is 5.21. The van der Waals surface area contributed by atoms with Gasteiger partial charge in [-0.05, 0) is 42.6 Å². The molecule has 2 aliphatic heterocycles. The molecule has 4 rings (SSSR count). The van der Waals surface area contributed by atoms with Gasteiger partial charge in [-0.1, -0.05) is 36.4 Å². The Labute approximate surface area is 158 Å². The van der Waals surface area contributed by atoms with Crippen molar-refractivity contribution in [1.29, 1.82) is 0 Å². The zero-order valence-corrected chi connectivity index (χ0v) is 15.8. The molecular formula is C21H25N3OS. The van der Waals surface area contributed by atoms with Crippen LogP contribution in [0.2, 0.25) is 0 Å². The number of rotatable bonds is 5. The van der Waals surface area contributed by atoms with Gasteiger partial charge in [0.25, 0.3) is 5.56 Å². The fourth-order valence-corrected chi connectivity index (χ4v) is 4.77. The maximum Gasteiger partial charge on any atom is 0.255 e. The summed E-state index contributed by atoms with van der Waals surface area (Å²) in [7, 11) is 0. The van der Waals surface area contributed by atoms with Gasteiger partial charge >= 0.3 is 0 Å². The lowest BCUT2D eigenvalue weighted by molar-refractivity contribution is 0.482. The molecule has 2 aliphatic rings. The predicted octanol–water partition coefficient (Wildman–Crippen LogP) is 3.33. The summed E-state index contributed by atoms with van der Waals surface area (Å²) in [6.07, 6.45) is 7.27. The molecule has 0 spiro atoms. The summed E-state index contributed by atoms with van der Waals surface area (Å²) in [5.41, 5.74) is 4.75. The lowest BCUT2D eigenvalue weighted by Gasteiger charge is -2.24. The van der Waals surface area contributed by atoms with Crippen LogP contribution < -0.4 is 10.9 Å². The van der Waals surface area contributed by atoms with Crippen molar-refractivity contribution in [3.05, 3.63) is 69.4 Å². The predicted molar refractivity (Wildman–Crippen MR) is 108 cm³/mol. The molecule has 4 nitrogen and oxygen atoms in total. The van der Waals surface area contributed by atoms with E-state index in [0.29, 0.717) is 6.04 Å². The molecule has 5 heteroatoms. The highest BCUT2D eigenvalue weighted by Gasteiger charge is 2.18. The highest BCUT2D eigenvalue weighted by atomic mass is 32.2. The van der Waals surface area contributed by atoms with E-state index >= 15 is 0 Å². The standard InChI is InChI=1S/C21H25N3OS/c25-21-18-14-26-12-10-19(18)23-20(24-21)8-4-7-17-13-16(9-11-22-17)15-5-2-1-3-6-15/h1-3,5-6,9,17,22H,4,7-8,10-14H2,(H,23,24,25). The second kappa shape index (κ2) is 8.23. The molecule has 0 saturated carbocycles. The smallest absolute Gasteiger partial charge is 0.255 e. The minimum Gasteiger partial charge on any atom is -0.310 e. The Balaban J connectivity index is 1.33. The Hall–Kier alpha value is -1.85. The van der Waals surface area contributed by atoms with Crippen LogP contribution in [-0.2, 0) is 18.6 Å². The number of fused-ring (bicyclic) bond motifs is 1. The molecule has 0 radical (unpaired) electrons. The molecule has 1 aromatic heterocycles. The number of aryl methyl sites for hydroxylation is 2. The highest BCUT2D eigenvalue weighted by molar-refractivity contribution is 7.98. The summed E-state index contributed by atoms with van der Waals surface area (Å²) in [6, 6.07) is 11.1. The summed E-state index contributed by atoms with van der Waals surface area (Å²) < 4.78 is 0. The summed E-state index contributed by atoms with van der Waals surface area (Å²) in [5, 5.41) is 3.59. The van der Waals surface area contributed by atoms with Crippen molar-refractivity contribution >= 4 is 17.3 Å². The Kier molecular flexibility index (Phi) is 5.56. The van der Waals surface area contributed by atoms with Crippen molar-refractivity contribution in [1.82, 2.24) is 15.3 Å². The van der Waals surface area contributed by atoms with Gasteiger partial charge in [0.1, 0.15) is 5.82 Å². The average molecular weight is 368 g/mol. The van der Waals surface area contributed by atoms with E-state index in [1.165, 1.54) is 11.1 Å². The van der Waals surface area contributed by atoms with Crippen molar-refractivity contribution in [3.8, 4) is 0 Å². The van der Waals surface area contributed by atoms with Crippen LogP contribution in [0.4, 0.5) is 0 Å². The number of hydrogen-bond donors (Lipinski definition) is 2. The van der Waals surface area contributed by atoms with Crippen LogP contribution in [0, 0.1) is 0 Å². The number of nitrogens with one attached hydrogen (secondary N) is 2. The van der Waals surface area contributed by atoms with Crippen LogP contribution in [-0.4, -0.2) is 28.3 Å². The van der Waals surface area contributed by atoms with E-state index in [2.05, 4.69) is 46.7 Å². The fraction of sp³-hybridized carbons (Fsp3) is 0.429. The van der Waals surface area contributed by atoms with Crippen LogP contribution in [0.5, 0.6) is 0 Å². The minimum absolute atomic E-state index is 0.0716. The molecule has 3 heterocycles. The summed E-state index contributed by atoms with van der Waals surface area (Å²) >= 11 is 1.82. The van der Waals surface area contributed by atoms with Gasteiger partial charge in [-0.15, -0.1) is 0 Å². The van der Waals surface area contributed by atoms with E-state index in [1.54, 1.807) is 0 Å². The average Bonchev–Trinajstić information content (AvgIpc) is 2.69. The van der Waals surface area contributed by atoms with Crippen molar-refractivity contribution < 1.29 is 0 Å². The Morgan fingerprint density at radius 2 is 2.12 bits per heavy atom. The SMILES string of the molecule is O=c1[nH]c(CCCC2CC(c3ccccc3)=CCN2)nc2c1CSCC2. The molecular weight excluding hydrogens is 342 g/mol. The molecule has 0 amide bonds. The topological polar surface area (TPSA) is 57.8 Å². The van der Waals surface area contributed by atoms with Crippen LogP contribution in [0.25, 0.3) is 5.57 Å². The number of nitrogens with zero attached hydrogens (tertiary/aromatic N) is 1. The summed E-state index contributed by atoms with van der Waals surface area (Å²) in [4.78, 5) is 19.9. The van der Waals surface area contributed by atoms with E-state index in [4.69, 9.17) is 4.98 Å². The van der Waals surface area contributed by atoms with E-state index in [0.717, 1.165) is 67.2 Å². The Bertz CT molecular complexity index is 844. The number of H-pyrrole nitrogens is 1. The van der Waals surface area contributed by atoms with Gasteiger partial charge in [-0.25, -0.2) is 4.98 Å². The second-order valence-electron chi connectivity index (χ2n) is 7.04. The zero-order chi connectivity index (χ0) is 17.8. The molecule has 0 saturated heterocycles. The largest absolute Gasteiger partial charge is 0.310 e. The molecule has 1 atom stereocenters. The van der Waals surface area contributed by atoms with E-state index in [9.17, 15) is 4.79 Å². The van der Waals surface area contributed by atoms with Crippen molar-refractivity contribution in [2.24, 2.45) is 0 Å². The number of hydrogen-bond acceptors (Lipinski definition) is 4. The number of aromatic nitrogens is 2. The lowest BCUT2D eigenvalue weighted by Crippen LogP contribution is -2.33. The summed E-state index contributed by atoms with van der Waals surface area (Å²) in [6.45, 7) is 0.931. The van der Waals surface area contributed by atoms with Crippen molar-refractivity contribution in [2.75, 3.05) is 12.3 Å². The molecule has 0 bridgehead atoms. The third-order valence-corrected chi connectivity index (χ3v) is 6.20. The Morgan fingerprint density at radius 1 is 1.23 bits per heavy atom. The molecule has 26 heavy (non-hydrogen) atoms. The second-order valence-corrected chi connectivity index (χ2v) is 8.14. The molecule has 0 aliphatic carbocycles. The van der Waals surface area contributed by atoms with Gasteiger partial charge in [0, 0.05) is 30.3 Å². The van der Waals surface area contributed by atoms with Gasteiger partial charge in [0.2, 0.25) is 0 Å². The molecule has 0 fully saturated rings. The number of thioether (sulfide) groups is 1. The van der Waals surface area contributed by atoms with Gasteiger partial charge < -0.3 is 10.3 Å². The van der Waals surface area contributed by atoms with E-state index in [1.807, 2.05) is 11.8 Å². The van der Waals surface area contributed by atoms with Gasteiger partial charge in [0.05, 0.1) is 5.69 Å². The third kappa shape index (κ3) is 4.10. The number of aromatic amines is 1. The maximum atomic E-state index is 12.2. The number of benzene rings is 1. The zero-order valence-electron chi connectivity index (χ0n) is 15.0. The first-order valence-corrected chi connectivity index (χ1v) is 10.6. The summed E-state index contributed by atoms with van der Waals surface area (Å²) in [5.74, 6) is 2.73. The highest BCUT2D eigenvalue weighted by Crippen LogP contribution is 2.24. The first kappa shape index (κ1) is 17.6. The monoisotopic (exact) mass is 367 g/mol. The molecule has 1 unspecified atom stereocenters. The first-order chi connectivity index (χ1) is 12.8. The molecule has 1 aromatic carbocycles. The lowest BCUT2D eigenvalue weighted by atomic mass is 9.93. The Morgan fingerprint density at radius 3 is 3.00 bits per heavy atom. The van der Waals surface area contributed by atoms with Crippen molar-refractivity contribution in [2.45, 2.75) is 43.9 Å². The minimum atomic E-state index is 0.0716. The first-order valence-electron chi connectivity index (χ1n) is 9.46. The van der Waals surface area contributed by atoms with Crippen LogP contribution in [0.15, 0.2) is 41.2 Å². The molecule has 136 valence electrons. The quantitative estimate of drug-likeness (QED) is 0.851. The molecule has 2 aromatic rings. The van der Waals surface area contributed by atoms with Gasteiger partial charge in [-0.3, -0.25) is 4.79 Å². The van der Waals surface area contributed by atoms with Gasteiger partial charge in [0.15, 0.2) is 0 Å². The van der Waals surface area contributed by atoms with Crippen LogP contribution in [0.1, 0.15) is 41.9 Å². The van der Waals surface area contributed by atoms with Crippen LogP contribution >= 0.6 is 11.8 Å². The maximum absolute atomic E-state index is 12.2. The van der Waals surface area contributed by atoms with Gasteiger partial charge in [-0.2, -0.15) is 11.8 Å². The normalized spacial score (nSPS) is 19.7.